The van der Waals surface area contributed by atoms with Crippen molar-refractivity contribution in [3.63, 3.8) is 0 Å². The molecule has 1 aromatic carbocycles. The van der Waals surface area contributed by atoms with Crippen LogP contribution in [-0.4, -0.2) is 19.1 Å². The molecule has 18 heavy (non-hydrogen) atoms. The molecule has 0 saturated carbocycles. The van der Waals surface area contributed by atoms with Crippen molar-refractivity contribution in [1.82, 2.24) is 0 Å². The first-order valence-corrected chi connectivity index (χ1v) is 5.45. The fourth-order valence-corrected chi connectivity index (χ4v) is 1.99. The van der Waals surface area contributed by atoms with Crippen LogP contribution < -0.4 is 10.6 Å². The Kier molecular flexibility index (Phi) is 3.43. The van der Waals surface area contributed by atoms with Gasteiger partial charge in [-0.15, -0.1) is 0 Å². The minimum absolute atomic E-state index is 0.109. The van der Waals surface area contributed by atoms with E-state index >= 15 is 0 Å². The molecule has 1 aromatic rings. The molecule has 0 atom stereocenters. The largest absolute Gasteiger partial charge is 0.366 e. The molecule has 0 unspecified atom stereocenters. The smallest absolute Gasteiger partial charge is 0.200 e. The Morgan fingerprint density at radius 1 is 0.778 bits per heavy atom. The third-order valence-electron chi connectivity index (χ3n) is 3.04. The summed E-state index contributed by atoms with van der Waals surface area (Å²) in [6.45, 7) is 0.332. The zero-order valence-electron chi connectivity index (χ0n) is 9.32. The van der Waals surface area contributed by atoms with Crippen molar-refractivity contribution >= 4 is 5.69 Å². The molecule has 100 valence electrons. The summed E-state index contributed by atoms with van der Waals surface area (Å²) in [6, 6.07) is -0.109. The number of nitrogens with zero attached hydrogens (tertiary/aromatic N) is 1. The molecule has 1 aliphatic rings. The lowest BCUT2D eigenvalue weighted by molar-refractivity contribution is 0.374. The van der Waals surface area contributed by atoms with Crippen LogP contribution in [-0.2, 0) is 0 Å². The quantitative estimate of drug-likeness (QED) is 0.480. The summed E-state index contributed by atoms with van der Waals surface area (Å²) in [5.41, 5.74) is 4.75. The number of anilines is 1. The molecule has 0 bridgehead atoms. The van der Waals surface area contributed by atoms with Gasteiger partial charge in [0.1, 0.15) is 5.69 Å². The van der Waals surface area contributed by atoms with Gasteiger partial charge in [-0.2, -0.15) is 0 Å². The second-order valence-corrected chi connectivity index (χ2v) is 4.24. The fraction of sp³-hybridized carbons (Fsp3) is 0.455. The van der Waals surface area contributed by atoms with E-state index in [4.69, 9.17) is 5.73 Å². The molecule has 0 aliphatic carbocycles. The Morgan fingerprint density at radius 3 is 1.61 bits per heavy atom. The normalized spacial score (nSPS) is 17.3. The summed E-state index contributed by atoms with van der Waals surface area (Å²) in [7, 11) is 0. The van der Waals surface area contributed by atoms with Crippen LogP contribution in [0.4, 0.5) is 27.6 Å². The van der Waals surface area contributed by atoms with E-state index in [1.54, 1.807) is 0 Å². The Balaban J connectivity index is 2.45. The highest BCUT2D eigenvalue weighted by Gasteiger charge is 2.30. The maximum absolute atomic E-state index is 13.5. The van der Waals surface area contributed by atoms with Crippen molar-refractivity contribution in [2.24, 2.45) is 5.73 Å². The number of halogens is 5. The Labute approximate surface area is 100 Å². The Bertz CT molecular complexity index is 440. The molecule has 2 nitrogen and oxygen atoms in total. The van der Waals surface area contributed by atoms with Crippen molar-refractivity contribution in [2.75, 3.05) is 18.0 Å². The number of nitrogens with two attached hydrogens (primary N) is 1. The maximum atomic E-state index is 13.5. The second kappa shape index (κ2) is 4.72. The molecule has 0 aromatic heterocycles. The summed E-state index contributed by atoms with van der Waals surface area (Å²) in [6.07, 6.45) is 0.888. The van der Waals surface area contributed by atoms with Gasteiger partial charge in [0.15, 0.2) is 23.3 Å². The van der Waals surface area contributed by atoms with E-state index in [9.17, 15) is 22.0 Å². The maximum Gasteiger partial charge on any atom is 0.200 e. The minimum Gasteiger partial charge on any atom is -0.366 e. The van der Waals surface area contributed by atoms with E-state index < -0.39 is 34.8 Å². The van der Waals surface area contributed by atoms with E-state index in [2.05, 4.69) is 0 Å². The molecule has 1 saturated heterocycles. The lowest BCUT2D eigenvalue weighted by Crippen LogP contribution is -2.40. The Morgan fingerprint density at radius 2 is 1.17 bits per heavy atom. The second-order valence-electron chi connectivity index (χ2n) is 4.24. The standard InChI is InChI=1S/C11H11F5N2/c12-6-7(13)9(15)11(10(16)8(6)14)18-3-1-5(17)2-4-18/h5H,1-4,17H2. The van der Waals surface area contributed by atoms with Gasteiger partial charge in [0.25, 0.3) is 0 Å². The Hall–Kier alpha value is -1.37. The summed E-state index contributed by atoms with van der Waals surface area (Å²) >= 11 is 0. The monoisotopic (exact) mass is 266 g/mol. The average Bonchev–Trinajstić information content (AvgIpc) is 2.36. The third-order valence-corrected chi connectivity index (χ3v) is 3.04. The summed E-state index contributed by atoms with van der Waals surface area (Å²) in [4.78, 5) is 1.14. The molecule has 7 heteroatoms. The lowest BCUT2D eigenvalue weighted by Gasteiger charge is -2.32. The molecule has 1 aliphatic heterocycles. The molecular weight excluding hydrogens is 255 g/mol. The number of hydrogen-bond donors (Lipinski definition) is 1. The van der Waals surface area contributed by atoms with Gasteiger partial charge < -0.3 is 10.6 Å². The molecule has 0 radical (unpaired) electrons. The van der Waals surface area contributed by atoms with Crippen LogP contribution >= 0.6 is 0 Å². The first-order valence-electron chi connectivity index (χ1n) is 5.45. The van der Waals surface area contributed by atoms with Crippen LogP contribution in [0.5, 0.6) is 0 Å². The van der Waals surface area contributed by atoms with E-state index in [0.29, 0.717) is 12.8 Å². The topological polar surface area (TPSA) is 29.3 Å². The van der Waals surface area contributed by atoms with Gasteiger partial charge in [-0.25, -0.2) is 22.0 Å². The zero-order valence-corrected chi connectivity index (χ0v) is 9.32. The average molecular weight is 266 g/mol. The van der Waals surface area contributed by atoms with Crippen molar-refractivity contribution < 1.29 is 22.0 Å². The van der Waals surface area contributed by atoms with E-state index in [0.717, 1.165) is 4.90 Å². The van der Waals surface area contributed by atoms with E-state index in [-0.39, 0.29) is 19.1 Å². The molecule has 0 spiro atoms. The van der Waals surface area contributed by atoms with Gasteiger partial charge in [0.2, 0.25) is 5.82 Å². The third kappa shape index (κ3) is 2.03. The predicted octanol–water partition coefficient (Wildman–Crippen LogP) is 2.31. The molecule has 2 rings (SSSR count). The van der Waals surface area contributed by atoms with Gasteiger partial charge >= 0.3 is 0 Å². The number of piperidine rings is 1. The van der Waals surface area contributed by atoms with Gasteiger partial charge in [-0.3, -0.25) is 0 Å². The van der Waals surface area contributed by atoms with Crippen molar-refractivity contribution in [3.05, 3.63) is 29.1 Å². The summed E-state index contributed by atoms with van der Waals surface area (Å²) < 4.78 is 65.9. The van der Waals surface area contributed by atoms with Crippen LogP contribution in [0.3, 0.4) is 0 Å². The SMILES string of the molecule is NC1CCN(c2c(F)c(F)c(F)c(F)c2F)CC1. The number of benzene rings is 1. The lowest BCUT2D eigenvalue weighted by atomic mass is 10.0. The fourth-order valence-electron chi connectivity index (χ4n) is 1.99. The number of rotatable bonds is 1. The zero-order chi connectivity index (χ0) is 13.4. The van der Waals surface area contributed by atoms with Crippen LogP contribution in [0.2, 0.25) is 0 Å². The molecule has 2 N–H and O–H groups in total. The van der Waals surface area contributed by atoms with Gasteiger partial charge in [0.05, 0.1) is 0 Å². The van der Waals surface area contributed by atoms with Crippen LogP contribution in [0, 0.1) is 29.1 Å². The van der Waals surface area contributed by atoms with Gasteiger partial charge in [-0.05, 0) is 12.8 Å². The summed E-state index contributed by atoms with van der Waals surface area (Å²) in [5, 5.41) is 0. The van der Waals surface area contributed by atoms with Crippen LogP contribution in [0.25, 0.3) is 0 Å². The van der Waals surface area contributed by atoms with Gasteiger partial charge in [-0.1, -0.05) is 0 Å². The van der Waals surface area contributed by atoms with Crippen molar-refractivity contribution in [3.8, 4) is 0 Å². The van der Waals surface area contributed by atoms with Gasteiger partial charge in [0, 0.05) is 19.1 Å². The molecule has 1 fully saturated rings. The van der Waals surface area contributed by atoms with E-state index in [1.165, 1.54) is 0 Å². The minimum atomic E-state index is -2.14. The highest BCUT2D eigenvalue weighted by Crippen LogP contribution is 2.31. The van der Waals surface area contributed by atoms with Crippen LogP contribution in [0.15, 0.2) is 0 Å². The van der Waals surface area contributed by atoms with Crippen molar-refractivity contribution in [1.29, 1.82) is 0 Å². The molecule has 1 heterocycles. The van der Waals surface area contributed by atoms with Crippen LogP contribution in [0.1, 0.15) is 12.8 Å². The first-order chi connectivity index (χ1) is 8.43. The highest BCUT2D eigenvalue weighted by molar-refractivity contribution is 5.50. The predicted molar refractivity (Wildman–Crippen MR) is 55.7 cm³/mol. The van der Waals surface area contributed by atoms with Crippen molar-refractivity contribution in [2.45, 2.75) is 18.9 Å². The number of hydrogen-bond acceptors (Lipinski definition) is 2. The summed E-state index contributed by atoms with van der Waals surface area (Å²) in [5.74, 6) is -9.55. The van der Waals surface area contributed by atoms with E-state index in [1.807, 2.05) is 0 Å². The molecule has 0 amide bonds. The first kappa shape index (κ1) is 13.1. The highest BCUT2D eigenvalue weighted by atomic mass is 19.2. The molecular formula is C11H11F5N2.